The van der Waals surface area contributed by atoms with Crippen LogP contribution in [-0.4, -0.2) is 0 Å². The van der Waals surface area contributed by atoms with E-state index in [-0.39, 0.29) is 0 Å². The lowest BCUT2D eigenvalue weighted by atomic mass is 9.93. The minimum atomic E-state index is 1.09. The second-order valence-electron chi connectivity index (χ2n) is 14.9. The van der Waals surface area contributed by atoms with Crippen molar-refractivity contribution in [2.75, 3.05) is 4.90 Å². The molecule has 0 saturated carbocycles. The van der Waals surface area contributed by atoms with Crippen LogP contribution in [0.5, 0.6) is 0 Å². The first kappa shape index (κ1) is 35.7. The summed E-state index contributed by atoms with van der Waals surface area (Å²) in [6.07, 6.45) is 0. The van der Waals surface area contributed by atoms with E-state index in [0.29, 0.717) is 0 Å². The van der Waals surface area contributed by atoms with Crippen LogP contribution in [0.1, 0.15) is 0 Å². The maximum Gasteiger partial charge on any atom is 0.0540 e. The number of benzene rings is 10. The first-order valence-electron chi connectivity index (χ1n) is 20.3. The minimum Gasteiger partial charge on any atom is -0.310 e. The molecule has 0 radical (unpaired) electrons. The second kappa shape index (κ2) is 16.0. The molecular formula is C58H41N. The highest BCUT2D eigenvalue weighted by Gasteiger charge is 2.19. The van der Waals surface area contributed by atoms with Crippen LogP contribution in [0.2, 0.25) is 0 Å². The van der Waals surface area contributed by atoms with E-state index in [2.05, 4.69) is 254 Å². The molecule has 0 spiro atoms. The van der Waals surface area contributed by atoms with E-state index in [0.717, 1.165) is 22.6 Å². The fourth-order valence-electron chi connectivity index (χ4n) is 8.35. The minimum absolute atomic E-state index is 1.09. The van der Waals surface area contributed by atoms with Crippen molar-refractivity contribution < 1.29 is 0 Å². The van der Waals surface area contributed by atoms with Crippen molar-refractivity contribution in [3.8, 4) is 66.8 Å². The Kier molecular flexibility index (Phi) is 9.68. The third-order valence-corrected chi connectivity index (χ3v) is 11.3. The summed E-state index contributed by atoms with van der Waals surface area (Å²) >= 11 is 0. The number of anilines is 3. The number of hydrogen-bond donors (Lipinski definition) is 0. The average molecular weight is 752 g/mol. The van der Waals surface area contributed by atoms with Gasteiger partial charge in [0.2, 0.25) is 0 Å². The van der Waals surface area contributed by atoms with Gasteiger partial charge in [-0.05, 0) is 108 Å². The molecule has 10 aromatic rings. The molecule has 0 fully saturated rings. The summed E-state index contributed by atoms with van der Waals surface area (Å²) in [7, 11) is 0. The Morgan fingerprint density at radius 1 is 0.220 bits per heavy atom. The molecule has 0 saturated heterocycles. The highest BCUT2D eigenvalue weighted by Crippen LogP contribution is 2.43. The molecule has 1 nitrogen and oxygen atoms in total. The Balaban J connectivity index is 1.06. The molecule has 0 N–H and O–H groups in total. The molecule has 0 amide bonds. The summed E-state index contributed by atoms with van der Waals surface area (Å²) in [5.41, 5.74) is 17.7. The van der Waals surface area contributed by atoms with E-state index in [1.807, 2.05) is 0 Å². The molecule has 0 aromatic heterocycles. The maximum atomic E-state index is 2.40. The summed E-state index contributed by atoms with van der Waals surface area (Å²) < 4.78 is 0. The summed E-state index contributed by atoms with van der Waals surface area (Å²) in [5.74, 6) is 0. The van der Waals surface area contributed by atoms with Gasteiger partial charge in [0.25, 0.3) is 0 Å². The van der Waals surface area contributed by atoms with Gasteiger partial charge in [-0.2, -0.15) is 0 Å². The molecule has 0 heterocycles. The maximum absolute atomic E-state index is 2.40. The fourth-order valence-corrected chi connectivity index (χ4v) is 8.35. The topological polar surface area (TPSA) is 3.24 Å². The van der Waals surface area contributed by atoms with E-state index in [9.17, 15) is 0 Å². The van der Waals surface area contributed by atoms with Gasteiger partial charge in [0.05, 0.1) is 5.69 Å². The van der Waals surface area contributed by atoms with Crippen molar-refractivity contribution in [2.24, 2.45) is 0 Å². The van der Waals surface area contributed by atoms with Crippen LogP contribution in [0, 0.1) is 0 Å². The van der Waals surface area contributed by atoms with Crippen molar-refractivity contribution in [1.29, 1.82) is 0 Å². The van der Waals surface area contributed by atoms with Crippen LogP contribution < -0.4 is 4.90 Å². The van der Waals surface area contributed by atoms with Gasteiger partial charge in [0.15, 0.2) is 0 Å². The highest BCUT2D eigenvalue weighted by molar-refractivity contribution is 5.98. The van der Waals surface area contributed by atoms with E-state index in [1.54, 1.807) is 0 Å². The van der Waals surface area contributed by atoms with Gasteiger partial charge in [-0.1, -0.05) is 212 Å². The predicted molar refractivity (Wildman–Crippen MR) is 251 cm³/mol. The SMILES string of the molecule is c1ccc(-c2ccc(-c3ccc(N(c4ccc(-c5ccccc5-c5ccccc5)cc4)c4ccccc4-c4cccc(-c5cccc6ccccc56)c4)cc3)cc2)cc1. The van der Waals surface area contributed by atoms with E-state index in [1.165, 1.54) is 72.0 Å². The molecular weight excluding hydrogens is 711 g/mol. The Bertz CT molecular complexity index is 3000. The quantitative estimate of drug-likeness (QED) is 0.142. The molecule has 10 rings (SSSR count). The highest BCUT2D eigenvalue weighted by atomic mass is 15.1. The second-order valence-corrected chi connectivity index (χ2v) is 14.9. The lowest BCUT2D eigenvalue weighted by molar-refractivity contribution is 1.28. The number of rotatable bonds is 9. The molecule has 0 aliphatic carbocycles. The van der Waals surface area contributed by atoms with Crippen LogP contribution in [0.15, 0.2) is 249 Å². The third-order valence-electron chi connectivity index (χ3n) is 11.3. The predicted octanol–water partition coefficient (Wildman–Crippen LogP) is 16.3. The van der Waals surface area contributed by atoms with Crippen molar-refractivity contribution in [1.82, 2.24) is 0 Å². The molecule has 0 unspecified atom stereocenters. The molecule has 0 aliphatic heterocycles. The lowest BCUT2D eigenvalue weighted by Crippen LogP contribution is -2.11. The van der Waals surface area contributed by atoms with Crippen molar-refractivity contribution in [3.63, 3.8) is 0 Å². The molecule has 0 bridgehead atoms. The van der Waals surface area contributed by atoms with Crippen LogP contribution in [0.4, 0.5) is 17.1 Å². The van der Waals surface area contributed by atoms with Gasteiger partial charge >= 0.3 is 0 Å². The average Bonchev–Trinajstić information content (AvgIpc) is 3.33. The largest absolute Gasteiger partial charge is 0.310 e. The van der Waals surface area contributed by atoms with E-state index in [4.69, 9.17) is 0 Å². The lowest BCUT2D eigenvalue weighted by Gasteiger charge is -2.28. The zero-order chi connectivity index (χ0) is 39.4. The molecule has 10 aromatic carbocycles. The van der Waals surface area contributed by atoms with Gasteiger partial charge in [-0.3, -0.25) is 0 Å². The van der Waals surface area contributed by atoms with Gasteiger partial charge in [0, 0.05) is 16.9 Å². The van der Waals surface area contributed by atoms with Crippen LogP contribution in [-0.2, 0) is 0 Å². The Morgan fingerprint density at radius 2 is 0.593 bits per heavy atom. The summed E-state index contributed by atoms with van der Waals surface area (Å²) in [6, 6.07) is 89.8. The van der Waals surface area contributed by atoms with E-state index < -0.39 is 0 Å². The molecule has 0 atom stereocenters. The number of nitrogens with zero attached hydrogens (tertiary/aromatic N) is 1. The zero-order valence-electron chi connectivity index (χ0n) is 32.6. The Labute approximate surface area is 346 Å². The van der Waals surface area contributed by atoms with Crippen LogP contribution in [0.3, 0.4) is 0 Å². The molecule has 59 heavy (non-hydrogen) atoms. The Hall–Kier alpha value is -7.74. The van der Waals surface area contributed by atoms with Crippen molar-refractivity contribution in [2.45, 2.75) is 0 Å². The van der Waals surface area contributed by atoms with Gasteiger partial charge in [0.1, 0.15) is 0 Å². The standard InChI is InChI=1S/C58H41N/c1-3-15-42(16-4-1)43-29-31-44(32-30-43)45-33-37-51(38-34-45)59(52-39-35-48(36-40-52)55-25-10-9-24-53(55)46-17-5-2-6-18-46)58-28-12-11-26-57(58)50-22-13-21-49(41-50)56-27-14-20-47-19-7-8-23-54(47)56/h1-41H. The van der Waals surface area contributed by atoms with Crippen molar-refractivity contribution >= 4 is 27.8 Å². The summed E-state index contributed by atoms with van der Waals surface area (Å²) in [5, 5.41) is 2.50. The first-order chi connectivity index (χ1) is 29.3. The summed E-state index contributed by atoms with van der Waals surface area (Å²) in [4.78, 5) is 2.40. The van der Waals surface area contributed by atoms with E-state index >= 15 is 0 Å². The third kappa shape index (κ3) is 7.23. The molecule has 0 aliphatic rings. The number of para-hydroxylation sites is 1. The van der Waals surface area contributed by atoms with Gasteiger partial charge in [-0.25, -0.2) is 0 Å². The van der Waals surface area contributed by atoms with Crippen LogP contribution >= 0.6 is 0 Å². The molecule has 278 valence electrons. The summed E-state index contributed by atoms with van der Waals surface area (Å²) in [6.45, 7) is 0. The Morgan fingerprint density at radius 3 is 1.22 bits per heavy atom. The van der Waals surface area contributed by atoms with Gasteiger partial charge < -0.3 is 4.90 Å². The number of fused-ring (bicyclic) bond motifs is 1. The first-order valence-corrected chi connectivity index (χ1v) is 20.3. The van der Waals surface area contributed by atoms with Crippen LogP contribution in [0.25, 0.3) is 77.5 Å². The normalized spacial score (nSPS) is 11.1. The monoisotopic (exact) mass is 751 g/mol. The smallest absolute Gasteiger partial charge is 0.0540 e. The molecule has 1 heteroatoms. The zero-order valence-corrected chi connectivity index (χ0v) is 32.6. The number of hydrogen-bond acceptors (Lipinski definition) is 1. The van der Waals surface area contributed by atoms with Crippen molar-refractivity contribution in [3.05, 3.63) is 249 Å². The fraction of sp³-hybridized carbons (Fsp3) is 0. The van der Waals surface area contributed by atoms with Gasteiger partial charge in [-0.15, -0.1) is 0 Å².